The minimum Gasteiger partial charge on any atom is -0.254 e. The molecule has 0 spiro atoms. The maximum Gasteiger partial charge on any atom is 0.0625 e. The van der Waals surface area contributed by atoms with Gasteiger partial charge < -0.3 is 0 Å². The average Bonchev–Trinajstić information content (AvgIpc) is 2.58. The van der Waals surface area contributed by atoms with Crippen LogP contribution >= 0.6 is 0 Å². The van der Waals surface area contributed by atoms with Crippen molar-refractivity contribution < 1.29 is 0 Å². The van der Waals surface area contributed by atoms with Gasteiger partial charge in [0.15, 0.2) is 0 Å². The van der Waals surface area contributed by atoms with Crippen LogP contribution in [0, 0.1) is 17.8 Å². The highest BCUT2D eigenvalue weighted by molar-refractivity contribution is 5.24. The van der Waals surface area contributed by atoms with Crippen LogP contribution in [0.1, 0.15) is 62.8 Å². The summed E-state index contributed by atoms with van der Waals surface area (Å²) in [4.78, 5) is 10.00. The fourth-order valence-corrected chi connectivity index (χ4v) is 3.50. The molecular weight excluding hydrogens is 232 g/mol. The molecule has 0 saturated heterocycles. The van der Waals surface area contributed by atoms with Gasteiger partial charge in [0, 0.05) is 0 Å². The Morgan fingerprint density at radius 1 is 0.842 bits per heavy atom. The summed E-state index contributed by atoms with van der Waals surface area (Å²) in [6.45, 7) is 7.04. The minimum absolute atomic E-state index is 0.772. The second kappa shape index (κ2) is 5.22. The Morgan fingerprint density at radius 3 is 2.00 bits per heavy atom. The lowest BCUT2D eigenvalue weighted by Crippen LogP contribution is -2.22. The molecule has 2 atom stereocenters. The molecule has 2 aliphatic rings. The van der Waals surface area contributed by atoms with Gasteiger partial charge in [-0.2, -0.15) is 0 Å². The predicted molar refractivity (Wildman–Crippen MR) is 78.2 cm³/mol. The zero-order valence-corrected chi connectivity index (χ0v) is 12.6. The van der Waals surface area contributed by atoms with Gasteiger partial charge in [-0.1, -0.05) is 20.8 Å². The predicted octanol–water partition coefficient (Wildman–Crippen LogP) is 3.75. The van der Waals surface area contributed by atoms with Crippen LogP contribution in [-0.4, -0.2) is 9.97 Å². The summed E-state index contributed by atoms with van der Waals surface area (Å²) in [5.74, 6) is 2.41. The van der Waals surface area contributed by atoms with Crippen molar-refractivity contribution in [2.75, 3.05) is 0 Å². The minimum atomic E-state index is 0.772. The molecule has 0 N–H and O–H groups in total. The second-order valence-corrected chi connectivity index (χ2v) is 6.94. The van der Waals surface area contributed by atoms with Crippen molar-refractivity contribution in [3.8, 4) is 0 Å². The summed E-state index contributed by atoms with van der Waals surface area (Å²) in [6.07, 6.45) is 8.46. The van der Waals surface area contributed by atoms with E-state index in [0.717, 1.165) is 43.4 Å². The molecular formula is C17H26N2. The molecule has 19 heavy (non-hydrogen) atoms. The van der Waals surface area contributed by atoms with Crippen molar-refractivity contribution in [2.24, 2.45) is 17.8 Å². The van der Waals surface area contributed by atoms with Gasteiger partial charge in [0.1, 0.15) is 0 Å². The third kappa shape index (κ3) is 2.68. The standard InChI is InChI=1S/C17H26N2/c1-11(2)13-6-9-16-17(10-13)19-15-8-5-12(3)4-7-14(15)18-16/h11-13H,4-10H2,1-3H3. The van der Waals surface area contributed by atoms with E-state index < -0.39 is 0 Å². The van der Waals surface area contributed by atoms with E-state index in [0.29, 0.717) is 0 Å². The van der Waals surface area contributed by atoms with Crippen LogP contribution in [0.5, 0.6) is 0 Å². The maximum atomic E-state index is 5.02. The average molecular weight is 258 g/mol. The van der Waals surface area contributed by atoms with E-state index in [4.69, 9.17) is 9.97 Å². The first-order valence-electron chi connectivity index (χ1n) is 8.01. The first kappa shape index (κ1) is 13.1. The smallest absolute Gasteiger partial charge is 0.0625 e. The fourth-order valence-electron chi connectivity index (χ4n) is 3.50. The number of aryl methyl sites for hydroxylation is 3. The second-order valence-electron chi connectivity index (χ2n) is 6.94. The number of rotatable bonds is 1. The number of aromatic nitrogens is 2. The van der Waals surface area contributed by atoms with Crippen molar-refractivity contribution in [2.45, 2.75) is 65.7 Å². The largest absolute Gasteiger partial charge is 0.254 e. The first-order valence-corrected chi connectivity index (χ1v) is 8.01. The Morgan fingerprint density at radius 2 is 1.37 bits per heavy atom. The molecule has 0 aliphatic heterocycles. The molecule has 2 unspecified atom stereocenters. The molecule has 3 rings (SSSR count). The van der Waals surface area contributed by atoms with E-state index in [1.807, 2.05) is 0 Å². The SMILES string of the molecule is CC1CCc2nc3c(nc2CC1)CC(C(C)C)CC3. The van der Waals surface area contributed by atoms with Crippen LogP contribution in [0.25, 0.3) is 0 Å². The van der Waals surface area contributed by atoms with Crippen molar-refractivity contribution in [3.63, 3.8) is 0 Å². The molecule has 0 radical (unpaired) electrons. The molecule has 0 aromatic carbocycles. The zero-order chi connectivity index (χ0) is 13.4. The molecule has 2 aliphatic carbocycles. The van der Waals surface area contributed by atoms with Gasteiger partial charge in [-0.05, 0) is 62.7 Å². The van der Waals surface area contributed by atoms with Crippen molar-refractivity contribution in [1.29, 1.82) is 0 Å². The molecule has 2 heteroatoms. The topological polar surface area (TPSA) is 25.8 Å². The van der Waals surface area contributed by atoms with Crippen LogP contribution < -0.4 is 0 Å². The summed E-state index contributed by atoms with van der Waals surface area (Å²) in [6, 6.07) is 0. The van der Waals surface area contributed by atoms with Gasteiger partial charge in [-0.3, -0.25) is 9.97 Å². The molecule has 2 nitrogen and oxygen atoms in total. The molecule has 0 saturated carbocycles. The van der Waals surface area contributed by atoms with Gasteiger partial charge in [0.25, 0.3) is 0 Å². The Kier molecular flexibility index (Phi) is 3.60. The lowest BCUT2D eigenvalue weighted by atomic mass is 9.82. The van der Waals surface area contributed by atoms with E-state index in [1.165, 1.54) is 42.0 Å². The van der Waals surface area contributed by atoms with E-state index in [-0.39, 0.29) is 0 Å². The van der Waals surface area contributed by atoms with Gasteiger partial charge >= 0.3 is 0 Å². The highest BCUT2D eigenvalue weighted by Gasteiger charge is 2.25. The number of nitrogens with zero attached hydrogens (tertiary/aromatic N) is 2. The summed E-state index contributed by atoms with van der Waals surface area (Å²) >= 11 is 0. The number of hydrogen-bond acceptors (Lipinski definition) is 2. The Balaban J connectivity index is 1.89. The normalized spacial score (nSPS) is 26.7. The highest BCUT2D eigenvalue weighted by atomic mass is 14.9. The Bertz CT molecular complexity index is 465. The molecule has 0 fully saturated rings. The Labute approximate surface area is 117 Å². The number of fused-ring (bicyclic) bond motifs is 2. The van der Waals surface area contributed by atoms with Crippen LogP contribution in [0.2, 0.25) is 0 Å². The van der Waals surface area contributed by atoms with Gasteiger partial charge in [0.2, 0.25) is 0 Å². The van der Waals surface area contributed by atoms with Crippen LogP contribution in [0.4, 0.5) is 0 Å². The van der Waals surface area contributed by atoms with E-state index >= 15 is 0 Å². The molecule has 0 amide bonds. The first-order chi connectivity index (χ1) is 9.13. The van der Waals surface area contributed by atoms with Gasteiger partial charge in [-0.15, -0.1) is 0 Å². The molecule has 104 valence electrons. The van der Waals surface area contributed by atoms with Crippen LogP contribution in [-0.2, 0) is 25.7 Å². The van der Waals surface area contributed by atoms with E-state index in [9.17, 15) is 0 Å². The van der Waals surface area contributed by atoms with Gasteiger partial charge in [0.05, 0.1) is 22.8 Å². The summed E-state index contributed by atoms with van der Waals surface area (Å²) in [5, 5.41) is 0. The van der Waals surface area contributed by atoms with Crippen molar-refractivity contribution in [1.82, 2.24) is 9.97 Å². The monoisotopic (exact) mass is 258 g/mol. The van der Waals surface area contributed by atoms with Crippen molar-refractivity contribution in [3.05, 3.63) is 22.8 Å². The molecule has 0 bridgehead atoms. The lowest BCUT2D eigenvalue weighted by molar-refractivity contribution is 0.335. The van der Waals surface area contributed by atoms with Crippen molar-refractivity contribution >= 4 is 0 Å². The summed E-state index contributed by atoms with van der Waals surface area (Å²) < 4.78 is 0. The highest BCUT2D eigenvalue weighted by Crippen LogP contribution is 2.30. The third-order valence-corrected chi connectivity index (χ3v) is 5.10. The summed E-state index contributed by atoms with van der Waals surface area (Å²) in [5.41, 5.74) is 5.25. The summed E-state index contributed by atoms with van der Waals surface area (Å²) in [7, 11) is 0. The zero-order valence-electron chi connectivity index (χ0n) is 12.6. The molecule has 1 aromatic heterocycles. The van der Waals surface area contributed by atoms with E-state index in [1.54, 1.807) is 0 Å². The molecule has 1 heterocycles. The van der Waals surface area contributed by atoms with Crippen LogP contribution in [0.15, 0.2) is 0 Å². The Hall–Kier alpha value is -0.920. The fraction of sp³-hybridized carbons (Fsp3) is 0.765. The quantitative estimate of drug-likeness (QED) is 0.717. The third-order valence-electron chi connectivity index (χ3n) is 5.10. The number of hydrogen-bond donors (Lipinski definition) is 0. The maximum absolute atomic E-state index is 5.02. The molecule has 1 aromatic rings. The lowest BCUT2D eigenvalue weighted by Gasteiger charge is -2.27. The van der Waals surface area contributed by atoms with Crippen LogP contribution in [0.3, 0.4) is 0 Å². The van der Waals surface area contributed by atoms with Gasteiger partial charge in [-0.25, -0.2) is 0 Å². The van der Waals surface area contributed by atoms with E-state index in [2.05, 4.69) is 20.8 Å².